The largest absolute Gasteiger partial charge is 0.490 e. The molecule has 1 rings (SSSR count). The van der Waals surface area contributed by atoms with Crippen LogP contribution in [0.25, 0.3) is 0 Å². The van der Waals surface area contributed by atoms with Crippen molar-refractivity contribution >= 4 is 11.6 Å². The van der Waals surface area contributed by atoms with E-state index in [0.717, 1.165) is 29.9 Å². The summed E-state index contributed by atoms with van der Waals surface area (Å²) in [6.07, 6.45) is 2.32. The first-order valence-electron chi connectivity index (χ1n) is 6.20. The highest BCUT2D eigenvalue weighted by Crippen LogP contribution is 2.33. The lowest BCUT2D eigenvalue weighted by Gasteiger charge is -2.19. The van der Waals surface area contributed by atoms with Crippen LogP contribution in [0.2, 0.25) is 0 Å². The highest BCUT2D eigenvalue weighted by Gasteiger charge is 2.13. The second-order valence-electron chi connectivity index (χ2n) is 4.03. The maximum absolute atomic E-state index is 5.95. The minimum Gasteiger partial charge on any atom is -0.490 e. The lowest BCUT2D eigenvalue weighted by Crippen LogP contribution is -2.13. The number of benzene rings is 1. The Morgan fingerprint density at radius 3 is 2.65 bits per heavy atom. The predicted octanol–water partition coefficient (Wildman–Crippen LogP) is 4.39. The third-order valence-corrected chi connectivity index (χ3v) is 2.81. The van der Waals surface area contributed by atoms with Gasteiger partial charge in [-0.25, -0.2) is 0 Å². The van der Waals surface area contributed by atoms with Gasteiger partial charge in [-0.05, 0) is 26.3 Å². The van der Waals surface area contributed by atoms with Gasteiger partial charge >= 0.3 is 0 Å². The first-order chi connectivity index (χ1) is 8.22. The van der Waals surface area contributed by atoms with Gasteiger partial charge in [-0.2, -0.15) is 0 Å². The summed E-state index contributed by atoms with van der Waals surface area (Å²) >= 11 is 5.93. The van der Waals surface area contributed by atoms with Crippen LogP contribution in [-0.4, -0.2) is 12.7 Å². The van der Waals surface area contributed by atoms with Gasteiger partial charge in [0.2, 0.25) is 0 Å². The van der Waals surface area contributed by atoms with Gasteiger partial charge in [0.1, 0.15) is 0 Å². The van der Waals surface area contributed by atoms with E-state index in [1.807, 2.05) is 25.1 Å². The molecular weight excluding hydrogens is 236 g/mol. The van der Waals surface area contributed by atoms with Crippen molar-refractivity contribution in [3.8, 4) is 11.5 Å². The van der Waals surface area contributed by atoms with E-state index in [9.17, 15) is 0 Å². The first-order valence-corrected chi connectivity index (χ1v) is 6.73. The van der Waals surface area contributed by atoms with Gasteiger partial charge < -0.3 is 9.47 Å². The summed E-state index contributed by atoms with van der Waals surface area (Å²) in [5, 5.41) is 0. The normalized spacial score (nSPS) is 12.2. The van der Waals surface area contributed by atoms with Gasteiger partial charge in [-0.15, -0.1) is 11.6 Å². The zero-order valence-electron chi connectivity index (χ0n) is 10.8. The van der Waals surface area contributed by atoms with Gasteiger partial charge in [-0.3, -0.25) is 0 Å². The topological polar surface area (TPSA) is 18.5 Å². The molecule has 96 valence electrons. The van der Waals surface area contributed by atoms with Crippen LogP contribution in [-0.2, 0) is 5.88 Å². The SMILES string of the molecule is CCCC(C)Oc1c(CCl)cccc1OCC. The first kappa shape index (κ1) is 14.2. The lowest BCUT2D eigenvalue weighted by atomic mass is 10.2. The number of hydrogen-bond donors (Lipinski definition) is 0. The van der Waals surface area contributed by atoms with E-state index < -0.39 is 0 Å². The number of para-hydroxylation sites is 1. The molecule has 1 aromatic rings. The molecule has 3 heteroatoms. The zero-order valence-corrected chi connectivity index (χ0v) is 11.6. The number of ether oxygens (including phenoxy) is 2. The Bertz CT molecular complexity index is 339. The van der Waals surface area contributed by atoms with E-state index in [4.69, 9.17) is 21.1 Å². The van der Waals surface area contributed by atoms with Crippen molar-refractivity contribution < 1.29 is 9.47 Å². The second kappa shape index (κ2) is 7.44. The molecule has 2 nitrogen and oxygen atoms in total. The summed E-state index contributed by atoms with van der Waals surface area (Å²) < 4.78 is 11.5. The van der Waals surface area contributed by atoms with Crippen molar-refractivity contribution in [1.29, 1.82) is 0 Å². The molecule has 0 aliphatic carbocycles. The third kappa shape index (κ3) is 4.12. The zero-order chi connectivity index (χ0) is 12.7. The van der Waals surface area contributed by atoms with Gasteiger partial charge in [0, 0.05) is 5.56 Å². The molecule has 0 amide bonds. The van der Waals surface area contributed by atoms with Gasteiger partial charge in [-0.1, -0.05) is 25.5 Å². The summed E-state index contributed by atoms with van der Waals surface area (Å²) in [5.74, 6) is 2.02. The minimum absolute atomic E-state index is 0.184. The molecule has 0 aliphatic heterocycles. The smallest absolute Gasteiger partial charge is 0.165 e. The molecule has 1 atom stereocenters. The van der Waals surface area contributed by atoms with E-state index in [-0.39, 0.29) is 6.10 Å². The maximum Gasteiger partial charge on any atom is 0.165 e. The quantitative estimate of drug-likeness (QED) is 0.674. The van der Waals surface area contributed by atoms with E-state index in [1.54, 1.807) is 0 Å². The molecule has 0 N–H and O–H groups in total. The molecule has 0 saturated heterocycles. The Morgan fingerprint density at radius 2 is 2.06 bits per heavy atom. The minimum atomic E-state index is 0.184. The Balaban J connectivity index is 2.91. The molecule has 0 aliphatic rings. The van der Waals surface area contributed by atoms with Crippen molar-refractivity contribution in [1.82, 2.24) is 0 Å². The van der Waals surface area contributed by atoms with Crippen LogP contribution in [0.3, 0.4) is 0 Å². The Labute approximate surface area is 109 Å². The molecule has 0 bridgehead atoms. The average Bonchev–Trinajstić information content (AvgIpc) is 2.32. The third-order valence-electron chi connectivity index (χ3n) is 2.52. The van der Waals surface area contributed by atoms with Gasteiger partial charge in [0.15, 0.2) is 11.5 Å². The molecular formula is C14H21ClO2. The Kier molecular flexibility index (Phi) is 6.20. The van der Waals surface area contributed by atoms with Crippen LogP contribution >= 0.6 is 11.6 Å². The number of hydrogen-bond acceptors (Lipinski definition) is 2. The van der Waals surface area contributed by atoms with E-state index in [1.165, 1.54) is 0 Å². The van der Waals surface area contributed by atoms with E-state index in [0.29, 0.717) is 12.5 Å². The van der Waals surface area contributed by atoms with Crippen LogP contribution in [0.4, 0.5) is 0 Å². The van der Waals surface area contributed by atoms with Crippen LogP contribution < -0.4 is 9.47 Å². The molecule has 0 aromatic heterocycles. The molecule has 1 unspecified atom stereocenters. The van der Waals surface area contributed by atoms with Crippen molar-refractivity contribution in [3.05, 3.63) is 23.8 Å². The summed E-state index contributed by atoms with van der Waals surface area (Å²) in [5.41, 5.74) is 0.987. The van der Waals surface area contributed by atoms with Crippen molar-refractivity contribution in [2.75, 3.05) is 6.61 Å². The summed E-state index contributed by atoms with van der Waals surface area (Å²) in [6, 6.07) is 5.84. The fraction of sp³-hybridized carbons (Fsp3) is 0.571. The monoisotopic (exact) mass is 256 g/mol. The van der Waals surface area contributed by atoms with Crippen LogP contribution in [0.1, 0.15) is 39.2 Å². The Morgan fingerprint density at radius 1 is 1.29 bits per heavy atom. The highest BCUT2D eigenvalue weighted by atomic mass is 35.5. The maximum atomic E-state index is 5.95. The van der Waals surface area contributed by atoms with Crippen molar-refractivity contribution in [2.45, 2.75) is 45.6 Å². The number of rotatable bonds is 7. The lowest BCUT2D eigenvalue weighted by molar-refractivity contribution is 0.195. The molecule has 17 heavy (non-hydrogen) atoms. The summed E-state index contributed by atoms with van der Waals surface area (Å²) in [4.78, 5) is 0. The predicted molar refractivity (Wildman–Crippen MR) is 72.2 cm³/mol. The average molecular weight is 257 g/mol. The van der Waals surface area contributed by atoms with Crippen molar-refractivity contribution in [3.63, 3.8) is 0 Å². The molecule has 1 aromatic carbocycles. The molecule has 0 spiro atoms. The highest BCUT2D eigenvalue weighted by molar-refractivity contribution is 6.17. The number of alkyl halides is 1. The molecule has 0 fully saturated rings. The van der Waals surface area contributed by atoms with Crippen molar-refractivity contribution in [2.24, 2.45) is 0 Å². The fourth-order valence-electron chi connectivity index (χ4n) is 1.74. The van der Waals surface area contributed by atoms with E-state index >= 15 is 0 Å². The fourth-order valence-corrected chi connectivity index (χ4v) is 1.95. The molecule has 0 radical (unpaired) electrons. The molecule has 0 saturated carbocycles. The Hall–Kier alpha value is -0.890. The van der Waals surface area contributed by atoms with Gasteiger partial charge in [0.05, 0.1) is 18.6 Å². The summed E-state index contributed by atoms with van der Waals surface area (Å²) in [6.45, 7) is 6.82. The second-order valence-corrected chi connectivity index (χ2v) is 4.30. The molecule has 0 heterocycles. The van der Waals surface area contributed by atoms with Gasteiger partial charge in [0.25, 0.3) is 0 Å². The van der Waals surface area contributed by atoms with Crippen LogP contribution in [0.15, 0.2) is 18.2 Å². The summed E-state index contributed by atoms with van der Waals surface area (Å²) in [7, 11) is 0. The van der Waals surface area contributed by atoms with Crippen LogP contribution in [0.5, 0.6) is 11.5 Å². The van der Waals surface area contributed by atoms with Crippen LogP contribution in [0, 0.1) is 0 Å². The van der Waals surface area contributed by atoms with E-state index in [2.05, 4.69) is 13.8 Å². The standard InChI is InChI=1S/C14H21ClO2/c1-4-7-11(3)17-14-12(10-15)8-6-9-13(14)16-5-2/h6,8-9,11H,4-5,7,10H2,1-3H3. The number of halogens is 1.